The van der Waals surface area contributed by atoms with E-state index in [-0.39, 0.29) is 5.75 Å². The summed E-state index contributed by atoms with van der Waals surface area (Å²) in [5.41, 5.74) is 5.52. The van der Waals surface area contributed by atoms with Crippen LogP contribution < -0.4 is 0 Å². The molecule has 2 rings (SSSR count). The summed E-state index contributed by atoms with van der Waals surface area (Å²) >= 11 is 0. The van der Waals surface area contributed by atoms with Gasteiger partial charge in [-0.15, -0.1) is 0 Å². The Morgan fingerprint density at radius 2 is 1.39 bits per heavy atom. The number of rotatable bonds is 7. The zero-order valence-corrected chi connectivity index (χ0v) is 17.4. The highest BCUT2D eigenvalue weighted by molar-refractivity contribution is 5.78. The van der Waals surface area contributed by atoms with Crippen molar-refractivity contribution in [1.82, 2.24) is 0 Å². The van der Waals surface area contributed by atoms with Crippen LogP contribution in [0.15, 0.2) is 120 Å². The number of phenolic OH excluding ortho intramolecular Hbond substituents is 1. The lowest BCUT2D eigenvalue weighted by Gasteiger charge is -2.37. The predicted molar refractivity (Wildman–Crippen MR) is 122 cm³/mol. The summed E-state index contributed by atoms with van der Waals surface area (Å²) in [6.45, 7) is 16.2. The average Bonchev–Trinajstić information content (AvgIpc) is 2.96. The molecule has 144 valence electrons. The Balaban J connectivity index is 3.21. The van der Waals surface area contributed by atoms with Gasteiger partial charge in [0, 0.05) is 5.56 Å². The average molecular weight is 371 g/mol. The van der Waals surface area contributed by atoms with Crippen molar-refractivity contribution in [3.63, 3.8) is 0 Å². The van der Waals surface area contributed by atoms with Crippen molar-refractivity contribution in [3.8, 4) is 5.75 Å². The van der Waals surface area contributed by atoms with E-state index in [9.17, 15) is 5.11 Å². The second kappa shape index (κ2) is 9.23. The van der Waals surface area contributed by atoms with E-state index in [1.165, 1.54) is 0 Å². The number of allylic oxidation sites excluding steroid dienone is 14. The fourth-order valence-corrected chi connectivity index (χ4v) is 4.21. The maximum absolute atomic E-state index is 10.9. The minimum Gasteiger partial charge on any atom is -0.508 e. The van der Waals surface area contributed by atoms with Crippen LogP contribution in [0.2, 0.25) is 0 Å². The predicted octanol–water partition coefficient (Wildman–Crippen LogP) is 7.28. The first-order valence-electron chi connectivity index (χ1n) is 9.66. The molecule has 0 aromatic heterocycles. The minimum atomic E-state index is -0.654. The molecule has 0 spiro atoms. The van der Waals surface area contributed by atoms with Gasteiger partial charge < -0.3 is 5.11 Å². The Hall–Kier alpha value is -3.06. The number of aromatic hydroxyl groups is 1. The van der Waals surface area contributed by atoms with Crippen LogP contribution in [0.4, 0.5) is 0 Å². The molecule has 0 heterocycles. The lowest BCUT2D eigenvalue weighted by atomic mass is 9.64. The van der Waals surface area contributed by atoms with Crippen LogP contribution in [-0.4, -0.2) is 5.11 Å². The third kappa shape index (κ3) is 3.18. The Morgan fingerprint density at radius 3 is 1.79 bits per heavy atom. The van der Waals surface area contributed by atoms with Gasteiger partial charge in [-0.05, 0) is 61.6 Å². The molecule has 28 heavy (non-hydrogen) atoms. The topological polar surface area (TPSA) is 20.2 Å². The van der Waals surface area contributed by atoms with Gasteiger partial charge in [-0.25, -0.2) is 0 Å². The minimum absolute atomic E-state index is 0.268. The van der Waals surface area contributed by atoms with Gasteiger partial charge >= 0.3 is 0 Å². The summed E-state index contributed by atoms with van der Waals surface area (Å²) < 4.78 is 0. The van der Waals surface area contributed by atoms with E-state index in [0.29, 0.717) is 0 Å². The summed E-state index contributed by atoms with van der Waals surface area (Å²) in [4.78, 5) is 0. The first-order valence-corrected chi connectivity index (χ1v) is 9.66. The van der Waals surface area contributed by atoms with Crippen LogP contribution in [-0.2, 0) is 5.41 Å². The number of phenols is 1. The lowest BCUT2D eigenvalue weighted by molar-refractivity contribution is 0.460. The van der Waals surface area contributed by atoms with Crippen molar-refractivity contribution >= 4 is 0 Å². The Kier molecular flexibility index (Phi) is 7.00. The molecular weight excluding hydrogens is 340 g/mol. The number of benzene rings is 1. The molecule has 1 heteroatoms. The Labute approximate surface area is 169 Å². The lowest BCUT2D eigenvalue weighted by Crippen LogP contribution is -2.30. The fourth-order valence-electron chi connectivity index (χ4n) is 4.21. The van der Waals surface area contributed by atoms with Crippen LogP contribution in [0, 0.1) is 0 Å². The molecule has 0 amide bonds. The number of hydrogen-bond donors (Lipinski definition) is 1. The van der Waals surface area contributed by atoms with Crippen molar-refractivity contribution in [3.05, 3.63) is 126 Å². The van der Waals surface area contributed by atoms with Crippen molar-refractivity contribution in [2.75, 3.05) is 0 Å². The van der Waals surface area contributed by atoms with E-state index in [1.54, 1.807) is 6.07 Å². The van der Waals surface area contributed by atoms with Crippen LogP contribution in [0.25, 0.3) is 0 Å². The van der Waals surface area contributed by atoms with Gasteiger partial charge in [0.2, 0.25) is 0 Å². The third-order valence-electron chi connectivity index (χ3n) is 5.15. The molecule has 0 unspecified atom stereocenters. The van der Waals surface area contributed by atoms with Crippen LogP contribution >= 0.6 is 0 Å². The maximum Gasteiger partial charge on any atom is 0.120 e. The summed E-state index contributed by atoms with van der Waals surface area (Å²) in [5.74, 6) is 0.268. The van der Waals surface area contributed by atoms with E-state index in [4.69, 9.17) is 0 Å². The number of para-hydroxylation sites is 1. The van der Waals surface area contributed by atoms with Gasteiger partial charge in [-0.1, -0.05) is 86.0 Å². The van der Waals surface area contributed by atoms with Gasteiger partial charge in [-0.3, -0.25) is 0 Å². The van der Waals surface area contributed by atoms with E-state index in [2.05, 4.69) is 37.5 Å². The quantitative estimate of drug-likeness (QED) is 0.500. The number of hydrogen-bond acceptors (Lipinski definition) is 1. The second-order valence-electron chi connectivity index (χ2n) is 6.57. The monoisotopic (exact) mass is 370 g/mol. The molecule has 0 saturated heterocycles. The summed E-state index contributed by atoms with van der Waals surface area (Å²) in [6.07, 6.45) is 18.4. The van der Waals surface area contributed by atoms with Gasteiger partial charge in [0.25, 0.3) is 0 Å². The maximum atomic E-state index is 10.9. The fraction of sp³-hybridized carbons (Fsp3) is 0.185. The van der Waals surface area contributed by atoms with Crippen molar-refractivity contribution < 1.29 is 5.11 Å². The second-order valence-corrected chi connectivity index (χ2v) is 6.57. The molecule has 0 saturated carbocycles. The van der Waals surface area contributed by atoms with Gasteiger partial charge in [0.05, 0.1) is 5.41 Å². The van der Waals surface area contributed by atoms with Gasteiger partial charge in [0.1, 0.15) is 5.75 Å². The van der Waals surface area contributed by atoms with E-state index in [0.717, 1.165) is 33.4 Å². The summed E-state index contributed by atoms with van der Waals surface area (Å²) in [5, 5.41) is 10.9. The Morgan fingerprint density at radius 1 is 0.857 bits per heavy atom. The molecule has 0 fully saturated rings. The molecule has 1 aliphatic carbocycles. The van der Waals surface area contributed by atoms with E-state index in [1.807, 2.05) is 76.3 Å². The third-order valence-corrected chi connectivity index (χ3v) is 5.15. The summed E-state index contributed by atoms with van der Waals surface area (Å²) in [6, 6.07) is 7.58. The van der Waals surface area contributed by atoms with E-state index < -0.39 is 5.41 Å². The molecule has 0 bridgehead atoms. The molecular formula is C27H30O. The first-order chi connectivity index (χ1) is 13.6. The van der Waals surface area contributed by atoms with Crippen molar-refractivity contribution in [2.45, 2.75) is 33.1 Å². The van der Waals surface area contributed by atoms with Crippen LogP contribution in [0.1, 0.15) is 33.3 Å². The molecule has 1 N–H and O–H groups in total. The largest absolute Gasteiger partial charge is 0.508 e. The van der Waals surface area contributed by atoms with Crippen LogP contribution in [0.5, 0.6) is 5.75 Å². The smallest absolute Gasteiger partial charge is 0.120 e. The van der Waals surface area contributed by atoms with Gasteiger partial charge in [0.15, 0.2) is 0 Å². The molecule has 0 aliphatic heterocycles. The molecule has 1 aromatic carbocycles. The normalized spacial score (nSPS) is 17.5. The zero-order chi connectivity index (χ0) is 20.7. The molecule has 1 nitrogen and oxygen atoms in total. The highest BCUT2D eigenvalue weighted by atomic mass is 16.3. The summed E-state index contributed by atoms with van der Waals surface area (Å²) in [7, 11) is 0. The van der Waals surface area contributed by atoms with Crippen LogP contribution in [0.3, 0.4) is 0 Å². The molecule has 0 radical (unpaired) electrons. The highest BCUT2D eigenvalue weighted by Gasteiger charge is 2.48. The molecule has 1 aromatic rings. The highest BCUT2D eigenvalue weighted by Crippen LogP contribution is 2.57. The first kappa shape index (κ1) is 21.2. The van der Waals surface area contributed by atoms with E-state index >= 15 is 0 Å². The SMILES string of the molecule is C=CC1=C(/C=C\C)C(C(/C=C\C)=C/C)(c2ccccc2O)C(/C=C\C)=C1C=C. The van der Waals surface area contributed by atoms with Gasteiger partial charge in [-0.2, -0.15) is 0 Å². The van der Waals surface area contributed by atoms with Crippen molar-refractivity contribution in [1.29, 1.82) is 0 Å². The molecule has 0 atom stereocenters. The molecule has 1 aliphatic rings. The van der Waals surface area contributed by atoms with Crippen molar-refractivity contribution in [2.24, 2.45) is 0 Å². The zero-order valence-electron chi connectivity index (χ0n) is 17.4. The Bertz CT molecular complexity index is 902. The standard InChI is InChI=1S/C27H30O/c1-7-15-20(10-4)27(25-18-13-14-19-26(25)28)23(16-8-2)21(11-5)22(12-6)24(27)17-9-3/h7-19,28H,5-6H2,1-4H3/b15-7-,16-8-,17-9-,20-10+.